The number of aliphatic hydroxyl groups excluding tert-OH is 1. The Hall–Kier alpha value is -3.97. The Bertz CT molecular complexity index is 1720. The lowest BCUT2D eigenvalue weighted by Crippen LogP contribution is -2.50. The van der Waals surface area contributed by atoms with Crippen LogP contribution in [0.1, 0.15) is 24.2 Å². The van der Waals surface area contributed by atoms with Crippen LogP contribution in [-0.4, -0.2) is 73.6 Å². The van der Waals surface area contributed by atoms with Crippen molar-refractivity contribution in [2.75, 3.05) is 37.4 Å². The highest BCUT2D eigenvalue weighted by Crippen LogP contribution is 2.36. The molecule has 0 unspecified atom stereocenters. The van der Waals surface area contributed by atoms with Gasteiger partial charge in [0.05, 0.1) is 36.1 Å². The van der Waals surface area contributed by atoms with Gasteiger partial charge in [0.25, 0.3) is 15.9 Å². The summed E-state index contributed by atoms with van der Waals surface area (Å²) >= 11 is 1.13. The Balaban J connectivity index is 1.48. The number of hydrogen-bond acceptors (Lipinski definition) is 7. The lowest BCUT2D eigenvalue weighted by atomic mass is 9.99. The van der Waals surface area contributed by atoms with Crippen molar-refractivity contribution >= 4 is 55.4 Å². The van der Waals surface area contributed by atoms with E-state index in [0.29, 0.717) is 5.69 Å². The molecular weight excluding hydrogens is 588 g/mol. The Morgan fingerprint density at radius 2 is 1.77 bits per heavy atom. The molecule has 0 bridgehead atoms. The number of carbonyl (C=O) groups is 2. The fraction of sp³-hybridized carbons (Fsp3) is 0.290. The van der Waals surface area contributed by atoms with E-state index in [2.05, 4.69) is 10.6 Å². The Labute approximate surface area is 254 Å². The van der Waals surface area contributed by atoms with E-state index < -0.39 is 28.2 Å². The first-order valence-corrected chi connectivity index (χ1v) is 16.2. The van der Waals surface area contributed by atoms with E-state index in [0.717, 1.165) is 22.1 Å². The first-order chi connectivity index (χ1) is 20.6. The number of hydrogen-bond donors (Lipinski definition) is 3. The van der Waals surface area contributed by atoms with Crippen LogP contribution >= 0.6 is 11.3 Å². The minimum atomic E-state index is -3.77. The standard InChI is InChI=1S/C31H34N4O6S2/c1-20-17-35(21(2)19-36)30(37)24-12-7-14-26(33-31(38)32-25-13-6-10-22-9-4-5-11-23(22)25)29(24)41-27(20)18-34(3)43(39,40)28-15-8-16-42-28/h4-16,20-21,27,36H,17-19H2,1-3H3,(H2,32,33,38)/t20-,21-,27+/m0/s1. The Morgan fingerprint density at radius 1 is 1.07 bits per heavy atom. The summed E-state index contributed by atoms with van der Waals surface area (Å²) in [7, 11) is -2.28. The van der Waals surface area contributed by atoms with Gasteiger partial charge in [-0.15, -0.1) is 11.3 Å². The molecule has 4 aromatic rings. The minimum Gasteiger partial charge on any atom is -0.486 e. The summed E-state index contributed by atoms with van der Waals surface area (Å²) < 4.78 is 34.4. The SMILES string of the molecule is C[C@H]1CN([C@@H](C)CO)C(=O)c2cccc(NC(=O)Nc3cccc4ccccc34)c2O[C@@H]1CN(C)S(=O)(=O)c1cccs1. The second-order valence-corrected chi connectivity index (χ2v) is 13.8. The molecule has 1 aliphatic rings. The van der Waals surface area contributed by atoms with Crippen molar-refractivity contribution in [3.05, 3.63) is 83.7 Å². The molecule has 0 saturated heterocycles. The molecule has 5 rings (SSSR count). The summed E-state index contributed by atoms with van der Waals surface area (Å²) in [5, 5.41) is 19.2. The van der Waals surface area contributed by atoms with Crippen molar-refractivity contribution in [2.45, 2.75) is 30.2 Å². The van der Waals surface area contributed by atoms with Gasteiger partial charge in [-0.1, -0.05) is 55.5 Å². The maximum Gasteiger partial charge on any atom is 0.323 e. The van der Waals surface area contributed by atoms with Crippen molar-refractivity contribution in [3.8, 4) is 5.75 Å². The van der Waals surface area contributed by atoms with E-state index in [1.54, 1.807) is 53.6 Å². The third kappa shape index (κ3) is 6.37. The average Bonchev–Trinajstić information content (AvgIpc) is 3.55. The number of para-hydroxylation sites is 1. The minimum absolute atomic E-state index is 0.00703. The smallest absolute Gasteiger partial charge is 0.323 e. The molecule has 43 heavy (non-hydrogen) atoms. The van der Waals surface area contributed by atoms with Crippen LogP contribution < -0.4 is 15.4 Å². The van der Waals surface area contributed by atoms with Crippen LogP contribution in [0.2, 0.25) is 0 Å². The highest BCUT2D eigenvalue weighted by atomic mass is 32.2. The van der Waals surface area contributed by atoms with Crippen molar-refractivity contribution in [3.63, 3.8) is 0 Å². The number of thiophene rings is 1. The van der Waals surface area contributed by atoms with Gasteiger partial charge < -0.3 is 25.4 Å². The van der Waals surface area contributed by atoms with Crippen molar-refractivity contribution in [2.24, 2.45) is 5.92 Å². The molecule has 0 fully saturated rings. The van der Waals surface area contributed by atoms with E-state index in [1.807, 2.05) is 43.3 Å². The number of nitrogens with zero attached hydrogens (tertiary/aromatic N) is 2. The van der Waals surface area contributed by atoms with Crippen LogP contribution in [0.3, 0.4) is 0 Å². The first-order valence-electron chi connectivity index (χ1n) is 13.9. The zero-order chi connectivity index (χ0) is 30.7. The Morgan fingerprint density at radius 3 is 2.51 bits per heavy atom. The highest BCUT2D eigenvalue weighted by molar-refractivity contribution is 7.91. The highest BCUT2D eigenvalue weighted by Gasteiger charge is 2.36. The molecule has 1 aromatic heterocycles. The molecule has 0 spiro atoms. The normalized spacial score (nSPS) is 18.0. The van der Waals surface area contributed by atoms with Crippen LogP contribution in [0.4, 0.5) is 16.2 Å². The summed E-state index contributed by atoms with van der Waals surface area (Å²) in [6.45, 7) is 3.59. The number of ether oxygens (including phenoxy) is 1. The van der Waals surface area contributed by atoms with Crippen molar-refractivity contribution < 1.29 is 27.9 Å². The zero-order valence-corrected chi connectivity index (χ0v) is 25.7. The molecule has 226 valence electrons. The van der Waals surface area contributed by atoms with E-state index in [4.69, 9.17) is 4.74 Å². The topological polar surface area (TPSA) is 128 Å². The molecule has 2 heterocycles. The maximum absolute atomic E-state index is 13.8. The van der Waals surface area contributed by atoms with Gasteiger partial charge in [0.2, 0.25) is 0 Å². The fourth-order valence-electron chi connectivity index (χ4n) is 5.09. The van der Waals surface area contributed by atoms with Gasteiger partial charge in [0.15, 0.2) is 5.75 Å². The Kier molecular flexibility index (Phi) is 9.02. The third-order valence-electron chi connectivity index (χ3n) is 7.57. The van der Waals surface area contributed by atoms with E-state index in [9.17, 15) is 23.1 Å². The molecule has 0 radical (unpaired) electrons. The number of sulfonamides is 1. The van der Waals surface area contributed by atoms with Gasteiger partial charge in [-0.05, 0) is 42.0 Å². The van der Waals surface area contributed by atoms with Crippen molar-refractivity contribution in [1.29, 1.82) is 0 Å². The molecule has 3 amide bonds. The van der Waals surface area contributed by atoms with Gasteiger partial charge in [0, 0.05) is 24.9 Å². The van der Waals surface area contributed by atoms with Crippen LogP contribution in [-0.2, 0) is 10.0 Å². The number of amides is 3. The van der Waals surface area contributed by atoms with Gasteiger partial charge in [0.1, 0.15) is 10.3 Å². The number of fused-ring (bicyclic) bond motifs is 2. The molecular formula is C31H34N4O6S2. The van der Waals surface area contributed by atoms with Crippen LogP contribution in [0, 0.1) is 5.92 Å². The van der Waals surface area contributed by atoms with Crippen LogP contribution in [0.5, 0.6) is 5.75 Å². The molecule has 3 N–H and O–H groups in total. The summed E-state index contributed by atoms with van der Waals surface area (Å²) in [4.78, 5) is 28.6. The maximum atomic E-state index is 13.8. The number of carbonyl (C=O) groups excluding carboxylic acids is 2. The van der Waals surface area contributed by atoms with Crippen LogP contribution in [0.15, 0.2) is 82.4 Å². The third-order valence-corrected chi connectivity index (χ3v) is 10.8. The average molecular weight is 623 g/mol. The molecule has 10 nitrogen and oxygen atoms in total. The number of nitrogens with one attached hydrogen (secondary N) is 2. The van der Waals surface area contributed by atoms with Gasteiger partial charge >= 0.3 is 6.03 Å². The van der Waals surface area contributed by atoms with Crippen LogP contribution in [0.25, 0.3) is 10.8 Å². The lowest BCUT2D eigenvalue weighted by Gasteiger charge is -2.38. The number of aliphatic hydroxyl groups is 1. The molecule has 0 aliphatic carbocycles. The first kappa shape index (κ1) is 30.5. The second kappa shape index (κ2) is 12.7. The second-order valence-electron chi connectivity index (χ2n) is 10.6. The molecule has 12 heteroatoms. The zero-order valence-electron chi connectivity index (χ0n) is 24.1. The number of rotatable bonds is 8. The largest absolute Gasteiger partial charge is 0.486 e. The van der Waals surface area contributed by atoms with Gasteiger partial charge in [-0.2, -0.15) is 4.31 Å². The summed E-state index contributed by atoms with van der Waals surface area (Å²) in [5.41, 5.74) is 1.06. The number of anilines is 2. The molecule has 3 atom stereocenters. The fourth-order valence-corrected chi connectivity index (χ4v) is 7.47. The lowest BCUT2D eigenvalue weighted by molar-refractivity contribution is 0.0389. The van der Waals surface area contributed by atoms with E-state index in [-0.39, 0.29) is 52.7 Å². The summed E-state index contributed by atoms with van der Waals surface area (Å²) in [6, 6.07) is 20.3. The van der Waals surface area contributed by atoms with Gasteiger partial charge in [-0.3, -0.25) is 4.79 Å². The van der Waals surface area contributed by atoms with E-state index in [1.165, 1.54) is 11.4 Å². The van der Waals surface area contributed by atoms with E-state index >= 15 is 0 Å². The predicted octanol–water partition coefficient (Wildman–Crippen LogP) is 5.09. The van der Waals surface area contributed by atoms with Gasteiger partial charge in [-0.25, -0.2) is 13.2 Å². The molecule has 1 aliphatic heterocycles. The number of urea groups is 1. The summed E-state index contributed by atoms with van der Waals surface area (Å²) in [5.74, 6) is -0.557. The monoisotopic (exact) mass is 622 g/mol. The van der Waals surface area contributed by atoms with Crippen molar-refractivity contribution in [1.82, 2.24) is 9.21 Å². The molecule has 0 saturated carbocycles. The molecule has 3 aromatic carbocycles. The quantitative estimate of drug-likeness (QED) is 0.251. The number of benzene rings is 3. The number of likely N-dealkylation sites (N-methyl/N-ethyl adjacent to an activating group) is 1. The summed E-state index contributed by atoms with van der Waals surface area (Å²) in [6.07, 6.45) is -0.691. The predicted molar refractivity (Wildman–Crippen MR) is 168 cm³/mol.